The molecule has 5 heteroatoms. The number of amides is 1. The lowest BCUT2D eigenvalue weighted by Crippen LogP contribution is -2.41. The molecule has 2 aromatic rings. The molecule has 26 heavy (non-hydrogen) atoms. The zero-order valence-electron chi connectivity index (χ0n) is 15.1. The number of rotatable bonds is 5. The van der Waals surface area contributed by atoms with Crippen LogP contribution in [-0.4, -0.2) is 28.2 Å². The predicted molar refractivity (Wildman–Crippen MR) is 100 cm³/mol. The molecule has 0 saturated carbocycles. The fraction of sp³-hybridized carbons (Fsp3) is 0.286. The molecule has 0 fully saturated rings. The average Bonchev–Trinajstić information content (AvgIpc) is 2.97. The summed E-state index contributed by atoms with van der Waals surface area (Å²) >= 11 is 0. The van der Waals surface area contributed by atoms with E-state index in [1.54, 1.807) is 55.5 Å². The molecule has 1 heterocycles. The first kappa shape index (κ1) is 18.0. The molecule has 3 rings (SSSR count). The standard InChI is InChI=1S/C21H22N2O3/c1-13(2)21(3)20(26)22-19(23-21)16-12-8-7-11-15(16)18(25)17(24)14-9-5-4-6-10-14/h4-13,17,24H,1-3H3,(H,22,23,26). The van der Waals surface area contributed by atoms with E-state index in [9.17, 15) is 14.7 Å². The van der Waals surface area contributed by atoms with Gasteiger partial charge in [0.05, 0.1) is 0 Å². The number of aliphatic hydroxyl groups is 1. The van der Waals surface area contributed by atoms with Gasteiger partial charge in [-0.05, 0) is 18.4 Å². The molecule has 2 unspecified atom stereocenters. The number of aliphatic hydroxyl groups excluding tert-OH is 1. The summed E-state index contributed by atoms with van der Waals surface area (Å²) in [5.41, 5.74) is 0.502. The molecule has 1 aliphatic heterocycles. The Labute approximate surface area is 152 Å². The minimum absolute atomic E-state index is 0.0118. The second kappa shape index (κ2) is 6.84. The van der Waals surface area contributed by atoms with Gasteiger partial charge in [-0.15, -0.1) is 0 Å². The summed E-state index contributed by atoms with van der Waals surface area (Å²) in [4.78, 5) is 29.8. The van der Waals surface area contributed by atoms with E-state index >= 15 is 0 Å². The van der Waals surface area contributed by atoms with Gasteiger partial charge in [-0.2, -0.15) is 0 Å². The smallest absolute Gasteiger partial charge is 0.253 e. The third kappa shape index (κ3) is 3.06. The Kier molecular flexibility index (Phi) is 4.74. The van der Waals surface area contributed by atoms with Crippen LogP contribution in [0.5, 0.6) is 0 Å². The second-order valence-corrected chi connectivity index (χ2v) is 6.94. The molecule has 2 atom stereocenters. The van der Waals surface area contributed by atoms with Crippen LogP contribution in [0.4, 0.5) is 0 Å². The molecule has 1 amide bonds. The fourth-order valence-corrected chi connectivity index (χ4v) is 2.90. The van der Waals surface area contributed by atoms with Crippen LogP contribution in [0.2, 0.25) is 0 Å². The summed E-state index contributed by atoms with van der Waals surface area (Å²) in [7, 11) is 0. The minimum Gasteiger partial charge on any atom is -0.380 e. The third-order valence-electron chi connectivity index (χ3n) is 4.97. The average molecular weight is 350 g/mol. The van der Waals surface area contributed by atoms with Crippen molar-refractivity contribution in [2.75, 3.05) is 0 Å². The van der Waals surface area contributed by atoms with E-state index in [1.165, 1.54) is 0 Å². The summed E-state index contributed by atoms with van der Waals surface area (Å²) in [5.74, 6) is -0.233. The van der Waals surface area contributed by atoms with Crippen LogP contribution in [0.3, 0.4) is 0 Å². The van der Waals surface area contributed by atoms with Crippen LogP contribution in [0.25, 0.3) is 0 Å². The highest BCUT2D eigenvalue weighted by Crippen LogP contribution is 2.28. The van der Waals surface area contributed by atoms with Crippen molar-refractivity contribution in [3.8, 4) is 0 Å². The molecule has 0 radical (unpaired) electrons. The summed E-state index contributed by atoms with van der Waals surface area (Å²) in [6.45, 7) is 5.65. The highest BCUT2D eigenvalue weighted by atomic mass is 16.3. The van der Waals surface area contributed by atoms with E-state index in [4.69, 9.17) is 0 Å². The minimum atomic E-state index is -1.27. The molecule has 2 N–H and O–H groups in total. The molecule has 134 valence electrons. The van der Waals surface area contributed by atoms with E-state index in [1.807, 2.05) is 19.9 Å². The number of aliphatic imine (C=N–C) groups is 1. The van der Waals surface area contributed by atoms with E-state index in [2.05, 4.69) is 10.3 Å². The van der Waals surface area contributed by atoms with E-state index in [0.29, 0.717) is 22.5 Å². The van der Waals surface area contributed by atoms with Crippen LogP contribution >= 0.6 is 0 Å². The molecule has 0 bridgehead atoms. The maximum Gasteiger partial charge on any atom is 0.253 e. The third-order valence-corrected chi connectivity index (χ3v) is 4.97. The SMILES string of the molecule is CC(C)C1(C)N=C(c2ccccc2C(=O)C(O)c2ccccc2)NC1=O. The van der Waals surface area contributed by atoms with Crippen molar-refractivity contribution in [1.82, 2.24) is 5.32 Å². The first-order chi connectivity index (χ1) is 12.3. The van der Waals surface area contributed by atoms with Crippen LogP contribution in [-0.2, 0) is 4.79 Å². The number of nitrogens with one attached hydrogen (secondary N) is 1. The number of ketones is 1. The molecular weight excluding hydrogens is 328 g/mol. The van der Waals surface area contributed by atoms with Crippen LogP contribution in [0.15, 0.2) is 59.6 Å². The van der Waals surface area contributed by atoms with Crippen LogP contribution < -0.4 is 5.32 Å². The maximum absolute atomic E-state index is 12.9. The van der Waals surface area contributed by atoms with E-state index < -0.39 is 17.4 Å². The van der Waals surface area contributed by atoms with E-state index in [0.717, 1.165) is 0 Å². The molecule has 1 aliphatic rings. The highest BCUT2D eigenvalue weighted by molar-refractivity contribution is 6.19. The molecule has 0 aromatic heterocycles. The normalized spacial score (nSPS) is 20.7. The molecule has 0 aliphatic carbocycles. The van der Waals surface area contributed by atoms with Gasteiger partial charge in [-0.1, -0.05) is 68.4 Å². The molecular formula is C21H22N2O3. The Hall–Kier alpha value is -2.79. The first-order valence-electron chi connectivity index (χ1n) is 8.62. The van der Waals surface area contributed by atoms with Crippen molar-refractivity contribution < 1.29 is 14.7 Å². The zero-order chi connectivity index (χ0) is 18.9. The van der Waals surface area contributed by atoms with Gasteiger partial charge in [0.15, 0.2) is 5.78 Å². The van der Waals surface area contributed by atoms with Crippen molar-refractivity contribution in [3.63, 3.8) is 0 Å². The predicted octanol–water partition coefficient (Wildman–Crippen LogP) is 2.89. The van der Waals surface area contributed by atoms with Gasteiger partial charge in [0.2, 0.25) is 0 Å². The van der Waals surface area contributed by atoms with Gasteiger partial charge >= 0.3 is 0 Å². The monoisotopic (exact) mass is 350 g/mol. The molecule has 5 nitrogen and oxygen atoms in total. The van der Waals surface area contributed by atoms with Crippen molar-refractivity contribution in [2.24, 2.45) is 10.9 Å². The number of Topliss-reactive ketones (excluding diaryl/α,β-unsaturated/α-hetero) is 1. The van der Waals surface area contributed by atoms with Gasteiger partial charge in [0, 0.05) is 11.1 Å². The number of hydrogen-bond acceptors (Lipinski definition) is 4. The van der Waals surface area contributed by atoms with Gasteiger partial charge in [0.1, 0.15) is 17.5 Å². The number of amidine groups is 1. The molecule has 0 saturated heterocycles. The maximum atomic E-state index is 12.9. The Bertz CT molecular complexity index is 874. The lowest BCUT2D eigenvalue weighted by atomic mass is 9.89. The van der Waals surface area contributed by atoms with Crippen molar-refractivity contribution >= 4 is 17.5 Å². The summed E-state index contributed by atoms with van der Waals surface area (Å²) in [6.07, 6.45) is -1.27. The topological polar surface area (TPSA) is 78.8 Å². The van der Waals surface area contributed by atoms with Crippen molar-refractivity contribution in [2.45, 2.75) is 32.4 Å². The van der Waals surface area contributed by atoms with Crippen LogP contribution in [0, 0.1) is 5.92 Å². The Morgan fingerprint density at radius 3 is 2.31 bits per heavy atom. The lowest BCUT2D eigenvalue weighted by molar-refractivity contribution is -0.124. The first-order valence-corrected chi connectivity index (χ1v) is 8.62. The van der Waals surface area contributed by atoms with Crippen LogP contribution in [0.1, 0.15) is 48.4 Å². The summed E-state index contributed by atoms with van der Waals surface area (Å²) in [6, 6.07) is 15.7. The van der Waals surface area contributed by atoms with Gasteiger partial charge in [-0.3, -0.25) is 14.6 Å². The van der Waals surface area contributed by atoms with E-state index in [-0.39, 0.29) is 11.8 Å². The summed E-state index contributed by atoms with van der Waals surface area (Å²) < 4.78 is 0. The summed E-state index contributed by atoms with van der Waals surface area (Å²) in [5, 5.41) is 13.3. The quantitative estimate of drug-likeness (QED) is 0.814. The number of hydrogen-bond donors (Lipinski definition) is 2. The van der Waals surface area contributed by atoms with Gasteiger partial charge < -0.3 is 10.4 Å². The second-order valence-electron chi connectivity index (χ2n) is 6.94. The fourth-order valence-electron chi connectivity index (χ4n) is 2.90. The number of nitrogens with zero attached hydrogens (tertiary/aromatic N) is 1. The number of benzene rings is 2. The van der Waals surface area contributed by atoms with Crippen molar-refractivity contribution in [3.05, 3.63) is 71.3 Å². The van der Waals surface area contributed by atoms with Gasteiger partial charge in [0.25, 0.3) is 5.91 Å². The number of carbonyl (C=O) groups is 2. The molecule has 2 aromatic carbocycles. The lowest BCUT2D eigenvalue weighted by Gasteiger charge is -2.21. The Morgan fingerprint density at radius 2 is 1.69 bits per heavy atom. The zero-order valence-corrected chi connectivity index (χ0v) is 15.1. The van der Waals surface area contributed by atoms with Crippen molar-refractivity contribution in [1.29, 1.82) is 0 Å². The molecule has 0 spiro atoms. The largest absolute Gasteiger partial charge is 0.380 e. The number of carbonyl (C=O) groups excluding carboxylic acids is 2. The van der Waals surface area contributed by atoms with Gasteiger partial charge in [-0.25, -0.2) is 0 Å². The Balaban J connectivity index is 2.00. The highest BCUT2D eigenvalue weighted by Gasteiger charge is 2.42. The Morgan fingerprint density at radius 1 is 1.08 bits per heavy atom.